The summed E-state index contributed by atoms with van der Waals surface area (Å²) in [6, 6.07) is 92.1. The second-order valence-corrected chi connectivity index (χ2v) is 15.7. The lowest BCUT2D eigenvalue weighted by Gasteiger charge is -2.28. The van der Waals surface area contributed by atoms with E-state index < -0.39 is 0 Å². The van der Waals surface area contributed by atoms with Gasteiger partial charge in [0.15, 0.2) is 0 Å². The monoisotopic (exact) mass is 790 g/mol. The van der Waals surface area contributed by atoms with Gasteiger partial charge in [-0.3, -0.25) is 0 Å². The number of benzene rings is 10. The van der Waals surface area contributed by atoms with Gasteiger partial charge in [-0.2, -0.15) is 0 Å². The summed E-state index contributed by atoms with van der Waals surface area (Å²) >= 11 is 0. The zero-order valence-electron chi connectivity index (χ0n) is 34.1. The van der Waals surface area contributed by atoms with E-state index in [1.54, 1.807) is 0 Å². The molecule has 10 aromatic carbocycles. The largest absolute Gasteiger partial charge is 0.310 e. The highest BCUT2D eigenvalue weighted by Crippen LogP contribution is 2.44. The Morgan fingerprint density at radius 2 is 0.726 bits per heavy atom. The highest BCUT2D eigenvalue weighted by Gasteiger charge is 2.21. The Morgan fingerprint density at radius 3 is 1.42 bits per heavy atom. The third-order valence-electron chi connectivity index (χ3n) is 12.0. The number of hydrogen-bond donors (Lipinski definition) is 0. The topological polar surface area (TPSA) is 8.17 Å². The maximum Gasteiger partial charge on any atom is 0.0561 e. The van der Waals surface area contributed by atoms with Gasteiger partial charge in [-0.1, -0.05) is 200 Å². The Balaban J connectivity index is 1.07. The highest BCUT2D eigenvalue weighted by molar-refractivity contribution is 6.10. The van der Waals surface area contributed by atoms with Gasteiger partial charge in [-0.25, -0.2) is 0 Å². The van der Waals surface area contributed by atoms with Crippen LogP contribution in [0.1, 0.15) is 0 Å². The summed E-state index contributed by atoms with van der Waals surface area (Å²) in [7, 11) is 0. The molecule has 0 atom stereocenters. The average Bonchev–Trinajstić information content (AvgIpc) is 3.69. The van der Waals surface area contributed by atoms with E-state index >= 15 is 0 Å². The Labute approximate surface area is 362 Å². The van der Waals surface area contributed by atoms with Gasteiger partial charge in [0.25, 0.3) is 0 Å². The van der Waals surface area contributed by atoms with Gasteiger partial charge in [0.2, 0.25) is 0 Å². The van der Waals surface area contributed by atoms with E-state index in [-0.39, 0.29) is 0 Å². The van der Waals surface area contributed by atoms with Gasteiger partial charge in [-0.05, 0) is 105 Å². The van der Waals surface area contributed by atoms with Crippen molar-refractivity contribution in [1.82, 2.24) is 4.57 Å². The molecule has 0 saturated carbocycles. The summed E-state index contributed by atoms with van der Waals surface area (Å²) in [5, 5.41) is 2.44. The summed E-state index contributed by atoms with van der Waals surface area (Å²) in [6.45, 7) is 0. The Kier molecular flexibility index (Phi) is 9.57. The van der Waals surface area contributed by atoms with Crippen molar-refractivity contribution in [3.8, 4) is 61.3 Å². The lowest BCUT2D eigenvalue weighted by Crippen LogP contribution is -2.11. The molecule has 0 spiro atoms. The van der Waals surface area contributed by atoms with Gasteiger partial charge >= 0.3 is 0 Å². The number of nitrogens with zero attached hydrogens (tertiary/aromatic N) is 2. The van der Waals surface area contributed by atoms with E-state index in [0.29, 0.717) is 0 Å². The van der Waals surface area contributed by atoms with Gasteiger partial charge in [0.05, 0.1) is 16.7 Å². The number of para-hydroxylation sites is 2. The predicted octanol–water partition coefficient (Wildman–Crippen LogP) is 16.6. The van der Waals surface area contributed by atoms with E-state index in [2.05, 4.69) is 264 Å². The van der Waals surface area contributed by atoms with Crippen LogP contribution in [0.3, 0.4) is 0 Å². The van der Waals surface area contributed by atoms with Crippen molar-refractivity contribution in [3.63, 3.8) is 0 Å². The smallest absolute Gasteiger partial charge is 0.0561 e. The lowest BCUT2D eigenvalue weighted by atomic mass is 9.94. The maximum atomic E-state index is 2.42. The summed E-state index contributed by atoms with van der Waals surface area (Å²) in [5.41, 5.74) is 18.7. The number of hydrogen-bond acceptors (Lipinski definition) is 1. The van der Waals surface area contributed by atoms with Gasteiger partial charge in [-0.15, -0.1) is 0 Å². The zero-order chi connectivity index (χ0) is 41.2. The van der Waals surface area contributed by atoms with Crippen molar-refractivity contribution in [2.75, 3.05) is 4.90 Å². The molecule has 0 amide bonds. The molecule has 1 heterocycles. The number of anilines is 3. The molecule has 0 fully saturated rings. The molecule has 11 aromatic rings. The fraction of sp³-hybridized carbons (Fsp3) is 0. The molecule has 0 N–H and O–H groups in total. The lowest BCUT2D eigenvalue weighted by molar-refractivity contribution is 1.18. The van der Waals surface area contributed by atoms with Crippen LogP contribution in [0.15, 0.2) is 255 Å². The fourth-order valence-corrected chi connectivity index (χ4v) is 9.04. The van der Waals surface area contributed by atoms with E-state index in [1.165, 1.54) is 60.8 Å². The second kappa shape index (κ2) is 16.1. The van der Waals surface area contributed by atoms with Crippen molar-refractivity contribution in [2.24, 2.45) is 0 Å². The molecule has 2 nitrogen and oxygen atoms in total. The molecule has 292 valence electrons. The average molecular weight is 791 g/mol. The number of fused-ring (bicyclic) bond motifs is 3. The zero-order valence-corrected chi connectivity index (χ0v) is 34.1. The molecule has 0 bridgehead atoms. The van der Waals surface area contributed by atoms with Crippen LogP contribution in [0.25, 0.3) is 83.1 Å². The molecule has 0 radical (unpaired) electrons. The van der Waals surface area contributed by atoms with Crippen LogP contribution in [-0.2, 0) is 0 Å². The van der Waals surface area contributed by atoms with Crippen molar-refractivity contribution in [3.05, 3.63) is 255 Å². The van der Waals surface area contributed by atoms with Crippen LogP contribution in [-0.4, -0.2) is 4.57 Å². The van der Waals surface area contributed by atoms with Gasteiger partial charge < -0.3 is 9.47 Å². The fourth-order valence-electron chi connectivity index (χ4n) is 9.04. The first-order chi connectivity index (χ1) is 30.8. The molecule has 2 heteroatoms. The summed E-state index contributed by atoms with van der Waals surface area (Å²) in [5.74, 6) is 0. The minimum absolute atomic E-state index is 1.08. The molecule has 11 rings (SSSR count). The maximum absolute atomic E-state index is 2.42. The molecule has 0 saturated heterocycles. The van der Waals surface area contributed by atoms with Crippen molar-refractivity contribution < 1.29 is 0 Å². The summed E-state index contributed by atoms with van der Waals surface area (Å²) in [6.07, 6.45) is 0. The summed E-state index contributed by atoms with van der Waals surface area (Å²) in [4.78, 5) is 2.42. The van der Waals surface area contributed by atoms with Crippen LogP contribution in [0, 0.1) is 0 Å². The second-order valence-electron chi connectivity index (χ2n) is 15.7. The first kappa shape index (κ1) is 36.8. The van der Waals surface area contributed by atoms with Crippen LogP contribution < -0.4 is 4.90 Å². The number of rotatable bonds is 9. The molecule has 0 aliphatic carbocycles. The highest BCUT2D eigenvalue weighted by atomic mass is 15.1. The Bertz CT molecular complexity index is 3310. The van der Waals surface area contributed by atoms with Crippen molar-refractivity contribution >= 4 is 38.9 Å². The van der Waals surface area contributed by atoms with E-state index in [1.807, 2.05) is 0 Å². The standard InChI is InChI=1S/C60H42N2/c1-4-17-43(18-5-1)45-31-35-50(36-32-45)61(58-29-14-12-27-55(58)49-24-16-23-48(41-49)44-19-6-2-7-20-44)52-39-40-57-56-28-13-15-30-59(56)62(60(57)42-52)51-37-33-47(34-38-51)54-26-11-10-25-53(54)46-21-8-3-9-22-46/h1-42H. The van der Waals surface area contributed by atoms with Crippen molar-refractivity contribution in [1.29, 1.82) is 0 Å². The molecular formula is C60H42N2. The first-order valence-electron chi connectivity index (χ1n) is 21.3. The molecule has 62 heavy (non-hydrogen) atoms. The molecule has 1 aromatic heterocycles. The van der Waals surface area contributed by atoms with E-state index in [9.17, 15) is 0 Å². The number of aromatic nitrogens is 1. The molecule has 0 aliphatic heterocycles. The third-order valence-corrected chi connectivity index (χ3v) is 12.0. The predicted molar refractivity (Wildman–Crippen MR) is 263 cm³/mol. The van der Waals surface area contributed by atoms with Crippen LogP contribution in [0.2, 0.25) is 0 Å². The van der Waals surface area contributed by atoms with Gasteiger partial charge in [0, 0.05) is 33.4 Å². The summed E-state index contributed by atoms with van der Waals surface area (Å²) < 4.78 is 2.42. The van der Waals surface area contributed by atoms with Crippen molar-refractivity contribution in [2.45, 2.75) is 0 Å². The Hall–Kier alpha value is -8.20. The third kappa shape index (κ3) is 6.84. The van der Waals surface area contributed by atoms with Crippen LogP contribution in [0.5, 0.6) is 0 Å². The normalized spacial score (nSPS) is 11.2. The quantitative estimate of drug-likeness (QED) is 0.141. The van der Waals surface area contributed by atoms with E-state index in [4.69, 9.17) is 0 Å². The van der Waals surface area contributed by atoms with Gasteiger partial charge in [0.1, 0.15) is 0 Å². The molecule has 0 aliphatic rings. The first-order valence-corrected chi connectivity index (χ1v) is 21.3. The molecular weight excluding hydrogens is 749 g/mol. The Morgan fingerprint density at radius 1 is 0.258 bits per heavy atom. The van der Waals surface area contributed by atoms with Crippen LogP contribution in [0.4, 0.5) is 17.1 Å². The minimum atomic E-state index is 1.08. The van der Waals surface area contributed by atoms with Crippen LogP contribution >= 0.6 is 0 Å². The van der Waals surface area contributed by atoms with E-state index in [0.717, 1.165) is 39.4 Å². The molecule has 0 unspecified atom stereocenters. The SMILES string of the molecule is c1ccc(-c2ccc(N(c3ccc4c5ccccc5n(-c5ccc(-c6ccccc6-c6ccccc6)cc5)c4c3)c3ccccc3-c3cccc(-c4ccccc4)c3)cc2)cc1. The minimum Gasteiger partial charge on any atom is -0.310 e.